The molecule has 0 spiro atoms. The number of rotatable bonds is 6. The summed E-state index contributed by atoms with van der Waals surface area (Å²) in [6.45, 7) is 2.61. The van der Waals surface area contributed by atoms with Crippen LogP contribution in [0.25, 0.3) is 0 Å². The van der Waals surface area contributed by atoms with E-state index in [0.717, 1.165) is 29.4 Å². The molecule has 5 rings (SSSR count). The van der Waals surface area contributed by atoms with Gasteiger partial charge in [-0.05, 0) is 55.3 Å². The van der Waals surface area contributed by atoms with Gasteiger partial charge in [0.25, 0.3) is 11.6 Å². The zero-order valence-electron chi connectivity index (χ0n) is 21.1. The first-order valence-electron chi connectivity index (χ1n) is 12.4. The highest BCUT2D eigenvalue weighted by Crippen LogP contribution is 2.40. The molecule has 3 N–H and O–H groups in total. The molecule has 3 aromatic carbocycles. The predicted octanol–water partition coefficient (Wildman–Crippen LogP) is 6.00. The van der Waals surface area contributed by atoms with Crippen LogP contribution in [0.3, 0.4) is 0 Å². The van der Waals surface area contributed by atoms with Crippen LogP contribution < -0.4 is 16.0 Å². The number of aliphatic imine (C=N–C) groups is 1. The average Bonchev–Trinajstić information content (AvgIpc) is 2.93. The van der Waals surface area contributed by atoms with Crippen LogP contribution in [-0.2, 0) is 4.79 Å². The number of anilines is 3. The Bertz CT molecular complexity index is 1470. The van der Waals surface area contributed by atoms with Gasteiger partial charge >= 0.3 is 6.03 Å². The number of nitrogens with zero attached hydrogens (tertiary/aromatic N) is 3. The summed E-state index contributed by atoms with van der Waals surface area (Å²) in [5.74, 6) is 0.738. The molecule has 2 heterocycles. The summed E-state index contributed by atoms with van der Waals surface area (Å²) in [7, 11) is 0. The summed E-state index contributed by atoms with van der Waals surface area (Å²) in [4.78, 5) is 43.5. The molecule has 2 aliphatic heterocycles. The Balaban J connectivity index is 1.40. The van der Waals surface area contributed by atoms with E-state index in [4.69, 9.17) is 4.99 Å². The van der Waals surface area contributed by atoms with Crippen LogP contribution in [0.4, 0.5) is 27.5 Å². The smallest absolute Gasteiger partial charge is 0.323 e. The highest BCUT2D eigenvalue weighted by molar-refractivity contribution is 8.13. The second-order valence-electron chi connectivity index (χ2n) is 9.02. The molecular weight excluding hydrogens is 516 g/mol. The Morgan fingerprint density at radius 2 is 1.64 bits per heavy atom. The molecule has 1 unspecified atom stereocenters. The number of amides is 3. The van der Waals surface area contributed by atoms with Crippen LogP contribution >= 0.6 is 11.8 Å². The summed E-state index contributed by atoms with van der Waals surface area (Å²) < 4.78 is 0. The zero-order valence-corrected chi connectivity index (χ0v) is 21.9. The number of fused-ring (bicyclic) bond motifs is 1. The van der Waals surface area contributed by atoms with E-state index in [2.05, 4.69) is 20.9 Å². The predicted molar refractivity (Wildman–Crippen MR) is 154 cm³/mol. The number of benzene rings is 3. The van der Waals surface area contributed by atoms with E-state index in [-0.39, 0.29) is 17.6 Å². The molecule has 0 aromatic heterocycles. The molecule has 198 valence electrons. The lowest BCUT2D eigenvalue weighted by Crippen LogP contribution is -2.43. The lowest BCUT2D eigenvalue weighted by Gasteiger charge is -2.41. The molecule has 1 saturated heterocycles. The molecule has 0 aliphatic carbocycles. The molecule has 1 atom stereocenters. The maximum absolute atomic E-state index is 13.6. The van der Waals surface area contributed by atoms with Gasteiger partial charge in [0.2, 0.25) is 0 Å². The average molecular weight is 543 g/mol. The minimum absolute atomic E-state index is 0.0598. The van der Waals surface area contributed by atoms with Gasteiger partial charge in [0.05, 0.1) is 22.2 Å². The molecule has 0 bridgehead atoms. The molecule has 2 aliphatic rings. The first-order valence-corrected chi connectivity index (χ1v) is 13.4. The Hall–Kier alpha value is -4.64. The van der Waals surface area contributed by atoms with Gasteiger partial charge in [-0.1, -0.05) is 42.1 Å². The maximum atomic E-state index is 13.6. The van der Waals surface area contributed by atoms with Crippen LogP contribution in [0.1, 0.15) is 24.9 Å². The Kier molecular flexibility index (Phi) is 7.60. The number of nitro groups is 1. The maximum Gasteiger partial charge on any atom is 0.323 e. The van der Waals surface area contributed by atoms with Crippen molar-refractivity contribution >= 4 is 51.6 Å². The van der Waals surface area contributed by atoms with E-state index in [0.29, 0.717) is 28.3 Å². The highest BCUT2D eigenvalue weighted by atomic mass is 32.2. The normalized spacial score (nSPS) is 16.6. The van der Waals surface area contributed by atoms with E-state index in [9.17, 15) is 19.7 Å². The van der Waals surface area contributed by atoms with Crippen LogP contribution in [0.5, 0.6) is 0 Å². The Morgan fingerprint density at radius 3 is 2.38 bits per heavy atom. The van der Waals surface area contributed by atoms with Crippen LogP contribution in [0, 0.1) is 10.1 Å². The van der Waals surface area contributed by atoms with Gasteiger partial charge in [0.15, 0.2) is 5.17 Å². The first kappa shape index (κ1) is 26.0. The molecule has 11 heteroatoms. The van der Waals surface area contributed by atoms with Gasteiger partial charge < -0.3 is 20.9 Å². The van der Waals surface area contributed by atoms with Gasteiger partial charge in [-0.3, -0.25) is 14.9 Å². The summed E-state index contributed by atoms with van der Waals surface area (Å²) in [6, 6.07) is 21.4. The number of hydrogen-bond donors (Lipinski definition) is 3. The first-order chi connectivity index (χ1) is 18.9. The number of para-hydroxylation sites is 1. The third-order valence-corrected chi connectivity index (χ3v) is 7.41. The number of nitrogens with one attached hydrogen (secondary N) is 3. The third-order valence-electron chi connectivity index (χ3n) is 6.33. The van der Waals surface area contributed by atoms with Gasteiger partial charge in [-0.25, -0.2) is 9.79 Å². The molecule has 3 aromatic rings. The van der Waals surface area contributed by atoms with E-state index >= 15 is 0 Å². The van der Waals surface area contributed by atoms with Crippen molar-refractivity contribution in [3.63, 3.8) is 0 Å². The van der Waals surface area contributed by atoms with E-state index in [1.54, 1.807) is 17.8 Å². The molecule has 0 radical (unpaired) electrons. The van der Waals surface area contributed by atoms with Crippen molar-refractivity contribution in [3.8, 4) is 0 Å². The monoisotopic (exact) mass is 542 g/mol. The molecule has 39 heavy (non-hydrogen) atoms. The van der Waals surface area contributed by atoms with Gasteiger partial charge in [-0.15, -0.1) is 0 Å². The third kappa shape index (κ3) is 5.93. The molecular formula is C28H26N6O4S. The van der Waals surface area contributed by atoms with Gasteiger partial charge in [0, 0.05) is 41.5 Å². The summed E-state index contributed by atoms with van der Waals surface area (Å²) >= 11 is 1.67. The van der Waals surface area contributed by atoms with Crippen LogP contribution in [-0.4, -0.2) is 39.2 Å². The number of allylic oxidation sites excluding steroid dienone is 1. The van der Waals surface area contributed by atoms with E-state index in [1.807, 2.05) is 55.5 Å². The highest BCUT2D eigenvalue weighted by Gasteiger charge is 2.37. The van der Waals surface area contributed by atoms with Crippen molar-refractivity contribution in [2.24, 2.45) is 4.99 Å². The van der Waals surface area contributed by atoms with E-state index in [1.165, 1.54) is 24.3 Å². The fourth-order valence-electron chi connectivity index (χ4n) is 4.57. The van der Waals surface area contributed by atoms with Crippen LogP contribution in [0.2, 0.25) is 0 Å². The summed E-state index contributed by atoms with van der Waals surface area (Å²) in [5.41, 5.74) is 3.65. The SMILES string of the molecule is CC1=C(C(=O)Nc2ccccc2)C(c2cccc(NC(=O)Nc3ccc([N+](=O)[O-])cc3)c2)N2CCCSC2=N1. The number of thioether (sulfide) groups is 1. The second kappa shape index (κ2) is 11.4. The molecule has 0 saturated carbocycles. The van der Waals surface area contributed by atoms with Gasteiger partial charge in [-0.2, -0.15) is 0 Å². The fraction of sp³-hybridized carbons (Fsp3) is 0.179. The van der Waals surface area contributed by atoms with Crippen LogP contribution in [0.15, 0.2) is 95.1 Å². The topological polar surface area (TPSA) is 129 Å². The van der Waals surface area contributed by atoms with E-state index < -0.39 is 11.0 Å². The lowest BCUT2D eigenvalue weighted by molar-refractivity contribution is -0.384. The lowest BCUT2D eigenvalue weighted by atomic mass is 9.93. The van der Waals surface area contributed by atoms with Crippen molar-refractivity contribution in [2.75, 3.05) is 28.2 Å². The second-order valence-corrected chi connectivity index (χ2v) is 10.1. The number of non-ortho nitro benzene ring substituents is 1. The largest absolute Gasteiger partial charge is 0.340 e. The number of amidine groups is 1. The number of nitro benzene ring substituents is 1. The van der Waals surface area contributed by atoms with Crippen molar-refractivity contribution < 1.29 is 14.5 Å². The Labute approximate surface area is 229 Å². The number of hydrogen-bond acceptors (Lipinski definition) is 7. The quantitative estimate of drug-likeness (QED) is 0.259. The fourth-order valence-corrected chi connectivity index (χ4v) is 5.59. The Morgan fingerprint density at radius 1 is 0.949 bits per heavy atom. The number of carbonyl (C=O) groups is 2. The number of urea groups is 1. The molecule has 10 nitrogen and oxygen atoms in total. The van der Waals surface area contributed by atoms with Crippen molar-refractivity contribution in [2.45, 2.75) is 19.4 Å². The minimum Gasteiger partial charge on any atom is -0.340 e. The number of carbonyl (C=O) groups excluding carboxylic acids is 2. The summed E-state index contributed by atoms with van der Waals surface area (Å²) in [6.07, 6.45) is 0.961. The minimum atomic E-state index is -0.498. The van der Waals surface area contributed by atoms with Crippen molar-refractivity contribution in [1.82, 2.24) is 4.90 Å². The van der Waals surface area contributed by atoms with Gasteiger partial charge in [0.1, 0.15) is 0 Å². The summed E-state index contributed by atoms with van der Waals surface area (Å²) in [5, 5.41) is 20.3. The standard InChI is InChI=1S/C28H26N6O4S/c1-18-24(26(35)30-20-8-3-2-4-9-20)25(33-15-6-16-39-28(33)29-18)19-7-5-10-22(17-19)32-27(36)31-21-11-13-23(14-12-21)34(37)38/h2-5,7-14,17,25H,6,15-16H2,1H3,(H,30,35)(H2,31,32,36). The van der Waals surface area contributed by atoms with Crippen molar-refractivity contribution in [3.05, 3.63) is 106 Å². The molecule has 1 fully saturated rings. The zero-order chi connectivity index (χ0) is 27.4. The van der Waals surface area contributed by atoms with Crippen molar-refractivity contribution in [1.29, 1.82) is 0 Å². The molecule has 3 amide bonds.